The summed E-state index contributed by atoms with van der Waals surface area (Å²) in [5.41, 5.74) is -1.00. The van der Waals surface area contributed by atoms with Crippen LogP contribution in [0, 0.1) is 5.92 Å². The van der Waals surface area contributed by atoms with E-state index >= 15 is 0 Å². The maximum absolute atomic E-state index is 14.2. The predicted molar refractivity (Wildman–Crippen MR) is 143 cm³/mol. The average Bonchev–Trinajstić information content (AvgIpc) is 3.49. The van der Waals surface area contributed by atoms with Crippen LogP contribution in [0.4, 0.5) is 13.2 Å². The number of benzene rings is 1. The Kier molecular flexibility index (Phi) is 7.64. The molecule has 3 atom stereocenters. The number of carboxylic acid groups (broad SMARTS) is 1. The highest BCUT2D eigenvalue weighted by Crippen LogP contribution is 2.54. The van der Waals surface area contributed by atoms with Crippen LogP contribution in [0.5, 0.6) is 0 Å². The molecule has 39 heavy (non-hydrogen) atoms. The number of carbonyl (C=O) groups excluding carboxylic acids is 1. The molecule has 1 fully saturated rings. The van der Waals surface area contributed by atoms with Gasteiger partial charge in [-0.25, -0.2) is 9.78 Å². The topological polar surface area (TPSA) is 83.4 Å². The van der Waals surface area contributed by atoms with Gasteiger partial charge in [-0.3, -0.25) is 9.78 Å². The first-order valence-corrected chi connectivity index (χ1v) is 13.6. The zero-order valence-electron chi connectivity index (χ0n) is 22.5. The fraction of sp³-hybridized carbons (Fsp3) is 0.448. The van der Waals surface area contributed by atoms with Crippen molar-refractivity contribution in [2.45, 2.75) is 76.6 Å². The molecule has 1 saturated heterocycles. The number of aromatic nitrogens is 2. The Morgan fingerprint density at radius 2 is 1.72 bits per heavy atom. The summed E-state index contributed by atoms with van der Waals surface area (Å²) in [6.45, 7) is 9.94. The Hall–Kier alpha value is -3.27. The van der Waals surface area contributed by atoms with E-state index in [1.165, 1.54) is 22.3 Å². The number of carboxylic acids is 1. The second kappa shape index (κ2) is 10.4. The van der Waals surface area contributed by atoms with Crippen molar-refractivity contribution < 1.29 is 27.9 Å². The van der Waals surface area contributed by atoms with E-state index in [1.807, 2.05) is 26.0 Å². The molecule has 0 unspecified atom stereocenters. The molecule has 1 amide bonds. The van der Waals surface area contributed by atoms with Crippen LogP contribution in [-0.2, 0) is 16.4 Å². The van der Waals surface area contributed by atoms with Crippen LogP contribution in [0.3, 0.4) is 0 Å². The predicted octanol–water partition coefficient (Wildman–Crippen LogP) is 7.09. The molecule has 4 rings (SSSR count). The van der Waals surface area contributed by atoms with E-state index in [0.717, 1.165) is 17.8 Å². The van der Waals surface area contributed by atoms with Crippen molar-refractivity contribution in [3.05, 3.63) is 81.6 Å². The van der Waals surface area contributed by atoms with Gasteiger partial charge < -0.3 is 10.0 Å². The first-order chi connectivity index (χ1) is 18.1. The average molecular weight is 560 g/mol. The Labute approximate surface area is 229 Å². The van der Waals surface area contributed by atoms with Gasteiger partial charge in [0.15, 0.2) is 0 Å². The number of hydrogen-bond donors (Lipinski definition) is 1. The van der Waals surface area contributed by atoms with Gasteiger partial charge in [0.2, 0.25) is 0 Å². The second-order valence-electron chi connectivity index (χ2n) is 11.5. The summed E-state index contributed by atoms with van der Waals surface area (Å²) in [5.74, 6) is -2.39. The number of carbonyl (C=O) groups is 2. The van der Waals surface area contributed by atoms with E-state index in [-0.39, 0.29) is 29.9 Å². The van der Waals surface area contributed by atoms with Crippen molar-refractivity contribution in [3.8, 4) is 0 Å². The maximum Gasteiger partial charge on any atom is 0.417 e. The van der Waals surface area contributed by atoms with Gasteiger partial charge in [0.1, 0.15) is 10.5 Å². The number of hydrogen-bond acceptors (Lipinski definition) is 5. The molecular weight excluding hydrogens is 527 g/mol. The van der Waals surface area contributed by atoms with Gasteiger partial charge in [0.05, 0.1) is 11.6 Å². The first kappa shape index (κ1) is 28.7. The van der Waals surface area contributed by atoms with Crippen LogP contribution in [0.15, 0.2) is 54.2 Å². The van der Waals surface area contributed by atoms with Gasteiger partial charge >= 0.3 is 12.1 Å². The van der Waals surface area contributed by atoms with E-state index < -0.39 is 41.1 Å². The van der Waals surface area contributed by atoms with Crippen LogP contribution < -0.4 is 0 Å². The van der Waals surface area contributed by atoms with Crippen molar-refractivity contribution in [1.82, 2.24) is 14.9 Å². The lowest BCUT2D eigenvalue weighted by Gasteiger charge is -2.38. The van der Waals surface area contributed by atoms with Gasteiger partial charge in [0, 0.05) is 34.9 Å². The van der Waals surface area contributed by atoms with Gasteiger partial charge in [-0.05, 0) is 54.0 Å². The lowest BCUT2D eigenvalue weighted by Crippen LogP contribution is -2.54. The molecule has 1 aliphatic heterocycles. The monoisotopic (exact) mass is 559 g/mol. The highest BCUT2D eigenvalue weighted by molar-refractivity contribution is 7.09. The molecule has 0 radical (unpaired) electrons. The number of aliphatic carboxylic acids is 1. The zero-order chi connectivity index (χ0) is 28.8. The third-order valence-corrected chi connectivity index (χ3v) is 8.08. The molecule has 3 aromatic rings. The smallest absolute Gasteiger partial charge is 0.417 e. The lowest BCUT2D eigenvalue weighted by atomic mass is 9.82. The molecule has 1 aromatic carbocycles. The Balaban J connectivity index is 1.88. The molecule has 0 saturated carbocycles. The Morgan fingerprint density at radius 1 is 1.08 bits per heavy atom. The number of pyridine rings is 1. The fourth-order valence-electron chi connectivity index (χ4n) is 5.45. The summed E-state index contributed by atoms with van der Waals surface area (Å²) in [7, 11) is 0. The van der Waals surface area contributed by atoms with Crippen LogP contribution in [0.2, 0.25) is 0 Å². The largest absolute Gasteiger partial charge is 0.479 e. The summed E-state index contributed by atoms with van der Waals surface area (Å²) in [6.07, 6.45) is -2.07. The third-order valence-electron chi connectivity index (χ3n) is 7.24. The number of rotatable bonds is 6. The van der Waals surface area contributed by atoms with Gasteiger partial charge in [-0.2, -0.15) is 13.2 Å². The van der Waals surface area contributed by atoms with Crippen molar-refractivity contribution in [3.63, 3.8) is 0 Å². The molecule has 0 aliphatic carbocycles. The zero-order valence-corrected chi connectivity index (χ0v) is 23.3. The summed E-state index contributed by atoms with van der Waals surface area (Å²) >= 11 is 1.27. The van der Waals surface area contributed by atoms with Crippen LogP contribution in [-0.4, -0.2) is 37.4 Å². The van der Waals surface area contributed by atoms with Crippen LogP contribution >= 0.6 is 11.3 Å². The van der Waals surface area contributed by atoms with Crippen molar-refractivity contribution in [2.75, 3.05) is 0 Å². The number of alkyl halides is 3. The van der Waals surface area contributed by atoms with Crippen molar-refractivity contribution >= 4 is 23.2 Å². The van der Waals surface area contributed by atoms with E-state index in [0.29, 0.717) is 10.6 Å². The Morgan fingerprint density at radius 3 is 2.18 bits per heavy atom. The van der Waals surface area contributed by atoms with Crippen LogP contribution in [0.1, 0.15) is 91.6 Å². The van der Waals surface area contributed by atoms with Gasteiger partial charge in [-0.15, -0.1) is 11.3 Å². The number of likely N-dealkylation sites (tertiary alicyclic amines) is 1. The molecule has 0 spiro atoms. The van der Waals surface area contributed by atoms with E-state index in [1.54, 1.807) is 23.7 Å². The number of thiazole rings is 1. The standard InChI is InChI=1S/C29H32F3N3O3S/c1-17(2)14-28(26(37)38)15-21(22-11-10-20(16-34-22)29(30,31)32)23(24-33-12-13-39-24)35(28)25(36)18-6-8-19(9-7-18)27(3,4)5/h6-13,16-17,21,23H,14-15H2,1-5H3,(H,37,38)/t21-,23-,28+/m1/s1. The SMILES string of the molecule is CC(C)C[C@@]1(C(=O)O)C[C@H](c2ccc(C(F)(F)F)cn2)[C@H](c2nccs2)N1C(=O)c1ccc(C(C)(C)C)cc1. The minimum Gasteiger partial charge on any atom is -0.479 e. The highest BCUT2D eigenvalue weighted by atomic mass is 32.1. The molecule has 1 aliphatic rings. The highest BCUT2D eigenvalue weighted by Gasteiger charge is 2.60. The lowest BCUT2D eigenvalue weighted by molar-refractivity contribution is -0.150. The van der Waals surface area contributed by atoms with Crippen molar-refractivity contribution in [1.29, 1.82) is 0 Å². The first-order valence-electron chi connectivity index (χ1n) is 12.8. The fourth-order valence-corrected chi connectivity index (χ4v) is 6.24. The van der Waals surface area contributed by atoms with Gasteiger partial charge in [-0.1, -0.05) is 46.8 Å². The molecule has 0 bridgehead atoms. The summed E-state index contributed by atoms with van der Waals surface area (Å²) in [5, 5.41) is 12.9. The molecule has 1 N–H and O–H groups in total. The second-order valence-corrected chi connectivity index (χ2v) is 12.5. The molecule has 2 aromatic heterocycles. The third kappa shape index (κ3) is 5.57. The Bertz CT molecular complexity index is 1320. The minimum absolute atomic E-state index is 0.00502. The van der Waals surface area contributed by atoms with E-state index in [4.69, 9.17) is 0 Å². The van der Waals surface area contributed by atoms with E-state index in [2.05, 4.69) is 30.7 Å². The molecular formula is C29H32F3N3O3S. The summed E-state index contributed by atoms with van der Waals surface area (Å²) in [6, 6.07) is 8.53. The van der Waals surface area contributed by atoms with Crippen LogP contribution in [0.25, 0.3) is 0 Å². The molecule has 6 nitrogen and oxygen atoms in total. The minimum atomic E-state index is -4.56. The number of amides is 1. The number of nitrogens with zero attached hydrogens (tertiary/aromatic N) is 3. The molecule has 208 valence electrons. The molecule has 3 heterocycles. The quantitative estimate of drug-likeness (QED) is 0.349. The molecule has 10 heteroatoms. The van der Waals surface area contributed by atoms with Gasteiger partial charge in [0.25, 0.3) is 5.91 Å². The number of halogens is 3. The van der Waals surface area contributed by atoms with Crippen molar-refractivity contribution in [2.24, 2.45) is 5.92 Å². The van der Waals surface area contributed by atoms with E-state index in [9.17, 15) is 27.9 Å². The summed E-state index contributed by atoms with van der Waals surface area (Å²) in [4.78, 5) is 37.3. The maximum atomic E-state index is 14.2. The summed E-state index contributed by atoms with van der Waals surface area (Å²) < 4.78 is 39.7. The normalized spacial score (nSPS) is 21.9.